The molecule has 2 N–H and O–H groups in total. The summed E-state index contributed by atoms with van der Waals surface area (Å²) in [5, 5.41) is 0. The van der Waals surface area contributed by atoms with E-state index in [9.17, 15) is 0 Å². The summed E-state index contributed by atoms with van der Waals surface area (Å²) in [6.45, 7) is 4.51. The van der Waals surface area contributed by atoms with E-state index in [0.29, 0.717) is 12.0 Å². The first kappa shape index (κ1) is 7.80. The summed E-state index contributed by atoms with van der Waals surface area (Å²) in [7, 11) is 0. The molecule has 2 atom stereocenters. The third-order valence-electron chi connectivity index (χ3n) is 2.39. The molecule has 0 saturated carbocycles. The van der Waals surface area contributed by atoms with Gasteiger partial charge >= 0.3 is 0 Å². The molecule has 0 amide bonds. The molecule has 0 unspecified atom stereocenters. The van der Waals surface area contributed by atoms with Gasteiger partial charge in [-0.3, -0.25) is 0 Å². The molecule has 0 radical (unpaired) electrons. The normalized spacial score (nSPS) is 33.2. The standard InChI is InChI=1S/C9H17N/c1-7(2)8-5-3-4-6-9(8)10/h3-4,7-9H,5-6,10H2,1-2H3/t8-,9-/m0/s1. The topological polar surface area (TPSA) is 26.0 Å². The average molecular weight is 139 g/mol. The third-order valence-corrected chi connectivity index (χ3v) is 2.39. The van der Waals surface area contributed by atoms with Crippen molar-refractivity contribution in [1.82, 2.24) is 0 Å². The number of allylic oxidation sites excluding steroid dienone is 1. The maximum absolute atomic E-state index is 5.93. The lowest BCUT2D eigenvalue weighted by atomic mass is 9.82. The van der Waals surface area contributed by atoms with E-state index in [2.05, 4.69) is 26.0 Å². The van der Waals surface area contributed by atoms with Gasteiger partial charge in [0.1, 0.15) is 0 Å². The summed E-state index contributed by atoms with van der Waals surface area (Å²) in [4.78, 5) is 0. The van der Waals surface area contributed by atoms with E-state index in [0.717, 1.165) is 12.3 Å². The van der Waals surface area contributed by atoms with Gasteiger partial charge in [0.05, 0.1) is 0 Å². The number of rotatable bonds is 1. The Kier molecular flexibility index (Phi) is 2.50. The Morgan fingerprint density at radius 1 is 1.30 bits per heavy atom. The van der Waals surface area contributed by atoms with Gasteiger partial charge < -0.3 is 5.73 Å². The fraction of sp³-hybridized carbons (Fsp3) is 0.778. The first-order valence-electron chi connectivity index (χ1n) is 4.12. The van der Waals surface area contributed by atoms with Crippen LogP contribution in [0.3, 0.4) is 0 Å². The maximum Gasteiger partial charge on any atom is 0.0107 e. The summed E-state index contributed by atoms with van der Waals surface area (Å²) in [5.41, 5.74) is 5.93. The molecule has 0 fully saturated rings. The number of nitrogens with two attached hydrogens (primary N) is 1. The van der Waals surface area contributed by atoms with E-state index in [1.165, 1.54) is 6.42 Å². The Morgan fingerprint density at radius 3 is 2.30 bits per heavy atom. The molecule has 0 aliphatic heterocycles. The highest BCUT2D eigenvalue weighted by Gasteiger charge is 2.21. The van der Waals surface area contributed by atoms with Crippen molar-refractivity contribution in [3.8, 4) is 0 Å². The van der Waals surface area contributed by atoms with Crippen LogP contribution < -0.4 is 5.73 Å². The van der Waals surface area contributed by atoms with Crippen LogP contribution in [0.5, 0.6) is 0 Å². The average Bonchev–Trinajstić information content (AvgIpc) is 1.88. The molecule has 0 aromatic heterocycles. The molecular formula is C9H17N. The van der Waals surface area contributed by atoms with Gasteiger partial charge in [0.25, 0.3) is 0 Å². The molecular weight excluding hydrogens is 122 g/mol. The van der Waals surface area contributed by atoms with Crippen LogP contribution in [0.1, 0.15) is 26.7 Å². The largest absolute Gasteiger partial charge is 0.327 e. The maximum atomic E-state index is 5.93. The predicted molar refractivity (Wildman–Crippen MR) is 44.7 cm³/mol. The van der Waals surface area contributed by atoms with E-state index in [1.54, 1.807) is 0 Å². The minimum absolute atomic E-state index is 0.407. The summed E-state index contributed by atoms with van der Waals surface area (Å²) in [6, 6.07) is 0.407. The highest BCUT2D eigenvalue weighted by molar-refractivity contribution is 4.97. The van der Waals surface area contributed by atoms with Gasteiger partial charge in [0.15, 0.2) is 0 Å². The first-order chi connectivity index (χ1) is 4.72. The van der Waals surface area contributed by atoms with Gasteiger partial charge in [0, 0.05) is 6.04 Å². The summed E-state index contributed by atoms with van der Waals surface area (Å²) in [5.74, 6) is 1.45. The summed E-state index contributed by atoms with van der Waals surface area (Å²) < 4.78 is 0. The van der Waals surface area contributed by atoms with Gasteiger partial charge in [-0.25, -0.2) is 0 Å². The Balaban J connectivity index is 2.51. The lowest BCUT2D eigenvalue weighted by Gasteiger charge is -2.28. The minimum Gasteiger partial charge on any atom is -0.327 e. The molecule has 1 heteroatoms. The zero-order valence-corrected chi connectivity index (χ0v) is 6.88. The van der Waals surface area contributed by atoms with Crippen molar-refractivity contribution in [2.24, 2.45) is 17.6 Å². The fourth-order valence-electron chi connectivity index (χ4n) is 1.62. The Hall–Kier alpha value is -0.300. The van der Waals surface area contributed by atoms with Crippen LogP contribution in [0.25, 0.3) is 0 Å². The molecule has 1 aliphatic carbocycles. The van der Waals surface area contributed by atoms with Crippen molar-refractivity contribution in [3.05, 3.63) is 12.2 Å². The van der Waals surface area contributed by atoms with Crippen molar-refractivity contribution in [1.29, 1.82) is 0 Å². The smallest absolute Gasteiger partial charge is 0.0107 e. The predicted octanol–water partition coefficient (Wildman–Crippen LogP) is 1.94. The molecule has 0 aromatic rings. The zero-order chi connectivity index (χ0) is 7.56. The van der Waals surface area contributed by atoms with Crippen LogP contribution in [0.15, 0.2) is 12.2 Å². The lowest BCUT2D eigenvalue weighted by molar-refractivity contribution is 0.311. The van der Waals surface area contributed by atoms with Gasteiger partial charge in [-0.05, 0) is 24.7 Å². The highest BCUT2D eigenvalue weighted by Crippen LogP contribution is 2.24. The second kappa shape index (κ2) is 3.20. The van der Waals surface area contributed by atoms with Crippen LogP contribution in [0.4, 0.5) is 0 Å². The molecule has 1 aliphatic rings. The third kappa shape index (κ3) is 1.60. The van der Waals surface area contributed by atoms with Crippen LogP contribution >= 0.6 is 0 Å². The minimum atomic E-state index is 0.407. The van der Waals surface area contributed by atoms with Crippen LogP contribution in [-0.4, -0.2) is 6.04 Å². The van der Waals surface area contributed by atoms with Crippen molar-refractivity contribution < 1.29 is 0 Å². The number of hydrogen-bond donors (Lipinski definition) is 1. The molecule has 0 heterocycles. The van der Waals surface area contributed by atoms with Crippen LogP contribution in [-0.2, 0) is 0 Å². The van der Waals surface area contributed by atoms with E-state index >= 15 is 0 Å². The molecule has 0 aromatic carbocycles. The molecule has 1 rings (SSSR count). The van der Waals surface area contributed by atoms with E-state index < -0.39 is 0 Å². The summed E-state index contributed by atoms with van der Waals surface area (Å²) >= 11 is 0. The molecule has 0 saturated heterocycles. The van der Waals surface area contributed by atoms with Gasteiger partial charge in [-0.2, -0.15) is 0 Å². The van der Waals surface area contributed by atoms with Crippen molar-refractivity contribution in [3.63, 3.8) is 0 Å². The quantitative estimate of drug-likeness (QED) is 0.552. The summed E-state index contributed by atoms with van der Waals surface area (Å²) in [6.07, 6.45) is 6.71. The van der Waals surface area contributed by atoms with E-state index in [1.807, 2.05) is 0 Å². The second-order valence-electron chi connectivity index (χ2n) is 3.51. The second-order valence-corrected chi connectivity index (χ2v) is 3.51. The molecule has 10 heavy (non-hydrogen) atoms. The SMILES string of the molecule is CC(C)[C@@H]1CC=CC[C@@H]1N. The van der Waals surface area contributed by atoms with Crippen molar-refractivity contribution >= 4 is 0 Å². The van der Waals surface area contributed by atoms with Gasteiger partial charge in [0.2, 0.25) is 0 Å². The molecule has 0 bridgehead atoms. The van der Waals surface area contributed by atoms with E-state index in [-0.39, 0.29) is 0 Å². The van der Waals surface area contributed by atoms with Crippen LogP contribution in [0, 0.1) is 11.8 Å². The zero-order valence-electron chi connectivity index (χ0n) is 6.88. The number of hydrogen-bond acceptors (Lipinski definition) is 1. The van der Waals surface area contributed by atoms with Gasteiger partial charge in [-0.15, -0.1) is 0 Å². The first-order valence-corrected chi connectivity index (χ1v) is 4.12. The molecule has 1 nitrogen and oxygen atoms in total. The van der Waals surface area contributed by atoms with Crippen molar-refractivity contribution in [2.45, 2.75) is 32.7 Å². The fourth-order valence-corrected chi connectivity index (χ4v) is 1.62. The monoisotopic (exact) mass is 139 g/mol. The Labute approximate surface area is 63.3 Å². The van der Waals surface area contributed by atoms with Crippen molar-refractivity contribution in [2.75, 3.05) is 0 Å². The van der Waals surface area contributed by atoms with E-state index in [4.69, 9.17) is 5.73 Å². The van der Waals surface area contributed by atoms with Gasteiger partial charge in [-0.1, -0.05) is 26.0 Å². The van der Waals surface area contributed by atoms with Crippen LogP contribution in [0.2, 0.25) is 0 Å². The Bertz CT molecular complexity index is 127. The molecule has 0 spiro atoms. The lowest BCUT2D eigenvalue weighted by Crippen LogP contribution is -2.34. The highest BCUT2D eigenvalue weighted by atomic mass is 14.7. The molecule has 58 valence electrons. The Morgan fingerprint density at radius 2 is 1.90 bits per heavy atom.